The number of carbonyl (C=O) groups excluding carboxylic acids is 1. The molecule has 0 radical (unpaired) electrons. The molecular weight excluding hydrogens is 514 g/mol. The molecule has 0 aromatic heterocycles. The van der Waals surface area contributed by atoms with Crippen molar-refractivity contribution in [3.8, 4) is 0 Å². The number of nitrogens with one attached hydrogen (secondary N) is 1. The molecule has 1 aliphatic rings. The molecule has 0 bridgehead atoms. The van der Waals surface area contributed by atoms with Crippen LogP contribution in [0.25, 0.3) is 0 Å². The van der Waals surface area contributed by atoms with Crippen molar-refractivity contribution in [2.24, 2.45) is 4.99 Å². The molecule has 0 spiro atoms. The fourth-order valence-corrected chi connectivity index (χ4v) is 3.13. The lowest BCUT2D eigenvalue weighted by atomic mass is 9.99. The molecule has 1 N–H and O–H groups in total. The first-order chi connectivity index (χ1) is 11.8. The summed E-state index contributed by atoms with van der Waals surface area (Å²) in [5, 5.41) is 3.22. The third-order valence-electron chi connectivity index (χ3n) is 4.01. The molecule has 1 aromatic rings. The van der Waals surface area contributed by atoms with Gasteiger partial charge in [-0.05, 0) is 31.0 Å². The number of hydrogen-bond acceptors (Lipinski definition) is 2. The standard InChI is InChI=1S/C18H24BrFN4O.HI/c1-12(2)9-21-18(22-10-17(25)23(3)4)24-8-7-13-14(11-24)16(20)6-5-15(13)19;/h5-6H,1,7-11H2,2-4H3,(H,21,22);1H. The van der Waals surface area contributed by atoms with Crippen LogP contribution in [0.3, 0.4) is 0 Å². The third kappa shape index (κ3) is 5.94. The average molecular weight is 539 g/mol. The van der Waals surface area contributed by atoms with Crippen LogP contribution >= 0.6 is 39.9 Å². The van der Waals surface area contributed by atoms with E-state index in [1.54, 1.807) is 20.2 Å². The summed E-state index contributed by atoms with van der Waals surface area (Å²) in [6.45, 7) is 7.52. The molecule has 5 nitrogen and oxygen atoms in total. The van der Waals surface area contributed by atoms with Gasteiger partial charge in [0.05, 0.1) is 0 Å². The Labute approximate surface area is 179 Å². The Morgan fingerprint density at radius 2 is 2.12 bits per heavy atom. The molecule has 8 heteroatoms. The highest BCUT2D eigenvalue weighted by Crippen LogP contribution is 2.28. The van der Waals surface area contributed by atoms with E-state index in [9.17, 15) is 9.18 Å². The first-order valence-corrected chi connectivity index (χ1v) is 8.92. The van der Waals surface area contributed by atoms with E-state index in [0.717, 1.165) is 15.6 Å². The lowest BCUT2D eigenvalue weighted by Gasteiger charge is -2.32. The number of amides is 1. The maximum absolute atomic E-state index is 14.2. The zero-order chi connectivity index (χ0) is 18.6. The average Bonchev–Trinajstić information content (AvgIpc) is 2.57. The predicted octanol–water partition coefficient (Wildman–Crippen LogP) is 3.17. The van der Waals surface area contributed by atoms with E-state index in [2.05, 4.69) is 32.8 Å². The normalized spacial score (nSPS) is 13.6. The molecule has 0 aliphatic carbocycles. The molecule has 0 saturated heterocycles. The topological polar surface area (TPSA) is 47.9 Å². The molecule has 1 heterocycles. The molecule has 0 unspecified atom stereocenters. The van der Waals surface area contributed by atoms with Gasteiger partial charge in [0.1, 0.15) is 12.4 Å². The van der Waals surface area contributed by atoms with Crippen LogP contribution in [-0.4, -0.2) is 55.4 Å². The Kier molecular flexibility index (Phi) is 9.02. The van der Waals surface area contributed by atoms with Crippen molar-refractivity contribution >= 4 is 51.8 Å². The van der Waals surface area contributed by atoms with Gasteiger partial charge < -0.3 is 15.1 Å². The van der Waals surface area contributed by atoms with Crippen LogP contribution in [0.4, 0.5) is 4.39 Å². The molecule has 0 atom stereocenters. The van der Waals surface area contributed by atoms with Crippen LogP contribution in [0.15, 0.2) is 33.7 Å². The zero-order valence-electron chi connectivity index (χ0n) is 15.3. The van der Waals surface area contributed by atoms with Gasteiger partial charge in [0, 0.05) is 43.8 Å². The van der Waals surface area contributed by atoms with Gasteiger partial charge in [-0.3, -0.25) is 4.79 Å². The molecule has 1 aromatic carbocycles. The summed E-state index contributed by atoms with van der Waals surface area (Å²) in [6, 6.07) is 3.22. The smallest absolute Gasteiger partial charge is 0.243 e. The Morgan fingerprint density at radius 3 is 2.73 bits per heavy atom. The number of rotatable bonds is 4. The first-order valence-electron chi connectivity index (χ1n) is 8.13. The quantitative estimate of drug-likeness (QED) is 0.277. The second-order valence-corrected chi connectivity index (χ2v) is 7.25. The summed E-state index contributed by atoms with van der Waals surface area (Å²) in [5.74, 6) is 0.302. The molecule has 2 rings (SSSR count). The van der Waals surface area contributed by atoms with Gasteiger partial charge in [-0.1, -0.05) is 28.1 Å². The molecule has 26 heavy (non-hydrogen) atoms. The maximum Gasteiger partial charge on any atom is 0.243 e. The van der Waals surface area contributed by atoms with Gasteiger partial charge in [0.2, 0.25) is 5.91 Å². The monoisotopic (exact) mass is 538 g/mol. The Hall–Kier alpha value is -1.16. The van der Waals surface area contributed by atoms with Crippen LogP contribution in [-0.2, 0) is 17.8 Å². The van der Waals surface area contributed by atoms with Crippen molar-refractivity contribution in [1.29, 1.82) is 0 Å². The van der Waals surface area contributed by atoms with E-state index in [1.807, 2.05) is 11.8 Å². The third-order valence-corrected chi connectivity index (χ3v) is 4.75. The highest BCUT2D eigenvalue weighted by Gasteiger charge is 2.23. The number of carbonyl (C=O) groups is 1. The largest absolute Gasteiger partial charge is 0.352 e. The van der Waals surface area contributed by atoms with Crippen molar-refractivity contribution in [1.82, 2.24) is 15.1 Å². The maximum atomic E-state index is 14.2. The molecule has 1 amide bonds. The van der Waals surface area contributed by atoms with E-state index in [1.165, 1.54) is 11.0 Å². The molecular formula is C18H25BrFIN4O. The van der Waals surface area contributed by atoms with E-state index < -0.39 is 0 Å². The van der Waals surface area contributed by atoms with Gasteiger partial charge in [-0.15, -0.1) is 24.0 Å². The van der Waals surface area contributed by atoms with E-state index in [0.29, 0.717) is 37.6 Å². The van der Waals surface area contributed by atoms with Crippen LogP contribution in [0.1, 0.15) is 18.1 Å². The minimum Gasteiger partial charge on any atom is -0.352 e. The fraction of sp³-hybridized carbons (Fsp3) is 0.444. The fourth-order valence-electron chi connectivity index (χ4n) is 2.56. The number of likely N-dealkylation sites (N-methyl/N-ethyl adjacent to an activating group) is 1. The number of hydrogen-bond donors (Lipinski definition) is 1. The lowest BCUT2D eigenvalue weighted by molar-refractivity contribution is -0.127. The minimum atomic E-state index is -0.216. The second kappa shape index (κ2) is 10.2. The van der Waals surface area contributed by atoms with Gasteiger partial charge in [-0.2, -0.15) is 0 Å². The number of nitrogens with zero attached hydrogens (tertiary/aromatic N) is 3. The zero-order valence-corrected chi connectivity index (χ0v) is 19.2. The lowest BCUT2D eigenvalue weighted by Crippen LogP contribution is -2.45. The van der Waals surface area contributed by atoms with Gasteiger partial charge >= 0.3 is 0 Å². The summed E-state index contributed by atoms with van der Waals surface area (Å²) in [5.41, 5.74) is 2.63. The van der Waals surface area contributed by atoms with Crippen LogP contribution in [0, 0.1) is 5.82 Å². The summed E-state index contributed by atoms with van der Waals surface area (Å²) in [4.78, 5) is 19.8. The SMILES string of the molecule is C=C(C)CNC(=NCC(=O)N(C)C)N1CCc2c(Br)ccc(F)c2C1.I. The molecule has 0 fully saturated rings. The van der Waals surface area contributed by atoms with Crippen molar-refractivity contribution in [3.63, 3.8) is 0 Å². The summed E-state index contributed by atoms with van der Waals surface area (Å²) < 4.78 is 15.2. The van der Waals surface area contributed by atoms with Crippen molar-refractivity contribution < 1.29 is 9.18 Å². The summed E-state index contributed by atoms with van der Waals surface area (Å²) in [6.07, 6.45) is 0.711. The Balaban J connectivity index is 0.00000338. The van der Waals surface area contributed by atoms with E-state index in [-0.39, 0.29) is 42.2 Å². The van der Waals surface area contributed by atoms with Crippen LogP contribution < -0.4 is 5.32 Å². The number of aliphatic imine (C=N–C) groups is 1. The van der Waals surface area contributed by atoms with E-state index >= 15 is 0 Å². The summed E-state index contributed by atoms with van der Waals surface area (Å²) >= 11 is 3.50. The van der Waals surface area contributed by atoms with Gasteiger partial charge in [0.15, 0.2) is 5.96 Å². The second-order valence-electron chi connectivity index (χ2n) is 6.40. The molecule has 0 saturated carbocycles. The number of fused-ring (bicyclic) bond motifs is 1. The molecule has 144 valence electrons. The van der Waals surface area contributed by atoms with Gasteiger partial charge in [0.25, 0.3) is 0 Å². The number of benzene rings is 1. The Bertz CT molecular complexity index is 709. The predicted molar refractivity (Wildman–Crippen MR) is 117 cm³/mol. The first kappa shape index (κ1) is 22.9. The number of halogens is 3. The summed E-state index contributed by atoms with van der Waals surface area (Å²) in [7, 11) is 3.39. The van der Waals surface area contributed by atoms with Crippen LogP contribution in [0.2, 0.25) is 0 Å². The molecule has 1 aliphatic heterocycles. The van der Waals surface area contributed by atoms with Crippen LogP contribution in [0.5, 0.6) is 0 Å². The van der Waals surface area contributed by atoms with Crippen molar-refractivity contribution in [3.05, 3.63) is 45.7 Å². The number of guanidine groups is 1. The van der Waals surface area contributed by atoms with Crippen molar-refractivity contribution in [2.45, 2.75) is 19.9 Å². The van der Waals surface area contributed by atoms with E-state index in [4.69, 9.17) is 0 Å². The Morgan fingerprint density at radius 1 is 1.42 bits per heavy atom. The highest BCUT2D eigenvalue weighted by molar-refractivity contribution is 14.0. The van der Waals surface area contributed by atoms with Crippen molar-refractivity contribution in [2.75, 3.05) is 33.7 Å². The highest BCUT2D eigenvalue weighted by atomic mass is 127. The van der Waals surface area contributed by atoms with Gasteiger partial charge in [-0.25, -0.2) is 9.38 Å². The minimum absolute atomic E-state index is 0.